The van der Waals surface area contributed by atoms with Gasteiger partial charge in [0.25, 0.3) is 0 Å². The van der Waals surface area contributed by atoms with Crippen LogP contribution in [0.4, 0.5) is 0 Å². The fourth-order valence-electron chi connectivity index (χ4n) is 2.67. The summed E-state index contributed by atoms with van der Waals surface area (Å²) < 4.78 is 11.0. The minimum Gasteiger partial charge on any atom is -0.497 e. The van der Waals surface area contributed by atoms with Crippen molar-refractivity contribution in [3.05, 3.63) is 24.3 Å². The van der Waals surface area contributed by atoms with E-state index in [-0.39, 0.29) is 0 Å². The van der Waals surface area contributed by atoms with Crippen molar-refractivity contribution < 1.29 is 9.47 Å². The molecular weight excluding hydrogens is 250 g/mol. The molecule has 3 heteroatoms. The summed E-state index contributed by atoms with van der Waals surface area (Å²) in [4.78, 5) is 0. The van der Waals surface area contributed by atoms with Gasteiger partial charge in [-0.3, -0.25) is 0 Å². The van der Waals surface area contributed by atoms with Crippen LogP contribution in [0.1, 0.15) is 39.5 Å². The molecule has 0 aliphatic heterocycles. The number of methoxy groups -OCH3 is 1. The van der Waals surface area contributed by atoms with Crippen molar-refractivity contribution in [1.82, 2.24) is 5.32 Å². The normalized spacial score (nSPS) is 16.8. The monoisotopic (exact) mass is 277 g/mol. The summed E-state index contributed by atoms with van der Waals surface area (Å²) in [6, 6.07) is 8.39. The first-order valence-corrected chi connectivity index (χ1v) is 7.64. The molecule has 1 aromatic rings. The lowest BCUT2D eigenvalue weighted by molar-refractivity contribution is 0.0896. The molecule has 1 aromatic carbocycles. The van der Waals surface area contributed by atoms with Crippen LogP contribution in [-0.2, 0) is 0 Å². The predicted molar refractivity (Wildman–Crippen MR) is 82.5 cm³/mol. The molecule has 0 atom stereocenters. The molecule has 1 N–H and O–H groups in total. The molecular formula is C17H27NO2. The van der Waals surface area contributed by atoms with Crippen LogP contribution < -0.4 is 14.8 Å². The fraction of sp³-hybridized carbons (Fsp3) is 0.647. The molecule has 1 aliphatic rings. The van der Waals surface area contributed by atoms with Crippen molar-refractivity contribution >= 4 is 0 Å². The second-order valence-corrected chi connectivity index (χ2v) is 6.16. The molecule has 0 amide bonds. The van der Waals surface area contributed by atoms with E-state index in [9.17, 15) is 0 Å². The fourth-order valence-corrected chi connectivity index (χ4v) is 2.67. The molecule has 112 valence electrons. The Morgan fingerprint density at radius 2 is 1.80 bits per heavy atom. The van der Waals surface area contributed by atoms with E-state index in [2.05, 4.69) is 19.2 Å². The van der Waals surface area contributed by atoms with Gasteiger partial charge >= 0.3 is 0 Å². The topological polar surface area (TPSA) is 30.5 Å². The third kappa shape index (κ3) is 4.14. The molecule has 1 aliphatic carbocycles. The van der Waals surface area contributed by atoms with Gasteiger partial charge in [-0.15, -0.1) is 0 Å². The van der Waals surface area contributed by atoms with E-state index in [0.29, 0.717) is 11.5 Å². The second-order valence-electron chi connectivity index (χ2n) is 6.16. The van der Waals surface area contributed by atoms with E-state index >= 15 is 0 Å². The van der Waals surface area contributed by atoms with E-state index in [4.69, 9.17) is 9.47 Å². The molecule has 1 fully saturated rings. The molecule has 2 rings (SSSR count). The van der Waals surface area contributed by atoms with Crippen molar-refractivity contribution in [3.63, 3.8) is 0 Å². The van der Waals surface area contributed by atoms with Crippen molar-refractivity contribution in [1.29, 1.82) is 0 Å². The van der Waals surface area contributed by atoms with E-state index in [1.54, 1.807) is 7.11 Å². The summed E-state index contributed by atoms with van der Waals surface area (Å²) >= 11 is 0. The first kappa shape index (κ1) is 15.2. The molecule has 0 spiro atoms. The van der Waals surface area contributed by atoms with Crippen molar-refractivity contribution in [3.8, 4) is 11.5 Å². The number of rotatable bonds is 8. The lowest BCUT2D eigenvalue weighted by atomic mass is 9.66. The number of hydrogen-bond acceptors (Lipinski definition) is 3. The standard InChI is InChI=1S/C17H27NO2/c1-14(2)18-13-17(9-4-10-17)11-12-20-16-7-5-15(19-3)6-8-16/h5-8,14,18H,4,9-13H2,1-3H3. The molecule has 0 radical (unpaired) electrons. The first-order valence-electron chi connectivity index (χ1n) is 7.64. The summed E-state index contributed by atoms with van der Waals surface area (Å²) in [5.74, 6) is 1.80. The van der Waals surface area contributed by atoms with Crippen LogP contribution in [0, 0.1) is 5.41 Å². The number of ether oxygens (including phenoxy) is 2. The highest BCUT2D eigenvalue weighted by molar-refractivity contribution is 5.31. The van der Waals surface area contributed by atoms with Crippen LogP contribution in [-0.4, -0.2) is 26.3 Å². The Balaban J connectivity index is 1.75. The quantitative estimate of drug-likeness (QED) is 0.787. The Morgan fingerprint density at radius 1 is 1.15 bits per heavy atom. The highest BCUT2D eigenvalue weighted by Crippen LogP contribution is 2.43. The predicted octanol–water partition coefficient (Wildman–Crippen LogP) is 3.63. The average Bonchev–Trinajstić information content (AvgIpc) is 2.41. The summed E-state index contributed by atoms with van der Waals surface area (Å²) in [7, 11) is 1.68. The lowest BCUT2D eigenvalue weighted by Gasteiger charge is -2.42. The lowest BCUT2D eigenvalue weighted by Crippen LogP contribution is -2.43. The largest absolute Gasteiger partial charge is 0.497 e. The second kappa shape index (κ2) is 6.98. The van der Waals surface area contributed by atoms with Crippen LogP contribution in [0.5, 0.6) is 11.5 Å². The summed E-state index contributed by atoms with van der Waals surface area (Å²) in [6.07, 6.45) is 5.17. The summed E-state index contributed by atoms with van der Waals surface area (Å²) in [5.41, 5.74) is 0.469. The number of benzene rings is 1. The highest BCUT2D eigenvalue weighted by Gasteiger charge is 2.36. The molecule has 0 heterocycles. The summed E-state index contributed by atoms with van der Waals surface area (Å²) in [5, 5.41) is 3.58. The van der Waals surface area contributed by atoms with Gasteiger partial charge in [0.15, 0.2) is 0 Å². The third-order valence-corrected chi connectivity index (χ3v) is 4.26. The van der Waals surface area contributed by atoms with Crippen LogP contribution in [0.15, 0.2) is 24.3 Å². The number of hydrogen-bond donors (Lipinski definition) is 1. The zero-order valence-corrected chi connectivity index (χ0v) is 12.9. The molecule has 20 heavy (non-hydrogen) atoms. The SMILES string of the molecule is COc1ccc(OCCC2(CNC(C)C)CCC2)cc1. The van der Waals surface area contributed by atoms with E-state index < -0.39 is 0 Å². The minimum absolute atomic E-state index is 0.469. The smallest absolute Gasteiger partial charge is 0.119 e. The van der Waals surface area contributed by atoms with Gasteiger partial charge in [-0.25, -0.2) is 0 Å². The maximum atomic E-state index is 5.86. The maximum Gasteiger partial charge on any atom is 0.119 e. The first-order chi connectivity index (χ1) is 9.63. The summed E-state index contributed by atoms with van der Waals surface area (Å²) in [6.45, 7) is 6.34. The Morgan fingerprint density at radius 3 is 2.30 bits per heavy atom. The van der Waals surface area contributed by atoms with Crippen LogP contribution in [0.25, 0.3) is 0 Å². The third-order valence-electron chi connectivity index (χ3n) is 4.26. The Kier molecular flexibility index (Phi) is 5.30. The molecule has 0 bridgehead atoms. The number of nitrogens with one attached hydrogen (secondary N) is 1. The molecule has 3 nitrogen and oxygen atoms in total. The Bertz CT molecular complexity index is 396. The van der Waals surface area contributed by atoms with Gasteiger partial charge in [-0.1, -0.05) is 20.3 Å². The van der Waals surface area contributed by atoms with Gasteiger partial charge in [0.1, 0.15) is 11.5 Å². The van der Waals surface area contributed by atoms with Gasteiger partial charge < -0.3 is 14.8 Å². The Labute approximate surface area is 122 Å². The van der Waals surface area contributed by atoms with E-state index in [1.807, 2.05) is 24.3 Å². The van der Waals surface area contributed by atoms with E-state index in [1.165, 1.54) is 19.3 Å². The van der Waals surface area contributed by atoms with Crippen molar-refractivity contribution in [2.75, 3.05) is 20.3 Å². The maximum absolute atomic E-state index is 5.86. The zero-order valence-electron chi connectivity index (χ0n) is 12.9. The van der Waals surface area contributed by atoms with Gasteiger partial charge in [-0.05, 0) is 48.9 Å². The Hall–Kier alpha value is -1.22. The van der Waals surface area contributed by atoms with Crippen molar-refractivity contribution in [2.24, 2.45) is 5.41 Å². The van der Waals surface area contributed by atoms with Gasteiger partial charge in [0.05, 0.1) is 13.7 Å². The van der Waals surface area contributed by atoms with Crippen LogP contribution in [0.2, 0.25) is 0 Å². The van der Waals surface area contributed by atoms with Crippen molar-refractivity contribution in [2.45, 2.75) is 45.6 Å². The van der Waals surface area contributed by atoms with E-state index in [0.717, 1.165) is 31.1 Å². The minimum atomic E-state index is 0.469. The average molecular weight is 277 g/mol. The molecule has 0 aromatic heterocycles. The molecule has 0 unspecified atom stereocenters. The zero-order chi connectivity index (χ0) is 14.4. The van der Waals surface area contributed by atoms with Gasteiger partial charge in [0.2, 0.25) is 0 Å². The van der Waals surface area contributed by atoms with Gasteiger partial charge in [0, 0.05) is 12.6 Å². The molecule has 0 saturated heterocycles. The van der Waals surface area contributed by atoms with Gasteiger partial charge in [-0.2, -0.15) is 0 Å². The van der Waals surface area contributed by atoms with Crippen LogP contribution in [0.3, 0.4) is 0 Å². The highest BCUT2D eigenvalue weighted by atomic mass is 16.5. The van der Waals surface area contributed by atoms with Crippen LogP contribution >= 0.6 is 0 Å². The molecule has 1 saturated carbocycles.